The van der Waals surface area contributed by atoms with E-state index in [1.807, 2.05) is 24.3 Å². The fraction of sp³-hybridized carbons (Fsp3) is 0.333. The Hall–Kier alpha value is -2.47. The summed E-state index contributed by atoms with van der Waals surface area (Å²) in [4.78, 5) is 6.97. The Kier molecular flexibility index (Phi) is 5.34. The van der Waals surface area contributed by atoms with Crippen LogP contribution in [0.1, 0.15) is 24.8 Å². The quantitative estimate of drug-likeness (QED) is 0.660. The highest BCUT2D eigenvalue weighted by molar-refractivity contribution is 7.83. The molecule has 3 aromatic rings. The second-order valence-corrected chi connectivity index (χ2v) is 8.37. The van der Waals surface area contributed by atoms with Crippen LogP contribution in [0.3, 0.4) is 0 Å². The summed E-state index contributed by atoms with van der Waals surface area (Å²) in [6.45, 7) is 2.26. The van der Waals surface area contributed by atoms with Gasteiger partial charge in [-0.15, -0.1) is 0 Å². The molecule has 140 valence electrons. The number of hydrogen-bond donors (Lipinski definition) is 0. The van der Waals surface area contributed by atoms with E-state index in [-0.39, 0.29) is 0 Å². The van der Waals surface area contributed by atoms with Crippen LogP contribution in [0.4, 0.5) is 5.69 Å². The minimum absolute atomic E-state index is 0.480. The van der Waals surface area contributed by atoms with Gasteiger partial charge in [0.15, 0.2) is 0 Å². The molecule has 0 N–H and O–H groups in total. The molecule has 0 saturated carbocycles. The molecule has 1 saturated heterocycles. The lowest BCUT2D eigenvalue weighted by atomic mass is 10.1. The van der Waals surface area contributed by atoms with E-state index in [9.17, 15) is 4.21 Å². The molecule has 4 rings (SSSR count). The third-order valence-corrected chi connectivity index (χ3v) is 5.56. The summed E-state index contributed by atoms with van der Waals surface area (Å²) >= 11 is 0. The molecule has 0 amide bonds. The Labute approximate surface area is 161 Å². The lowest BCUT2D eigenvalue weighted by Gasteiger charge is -2.28. The maximum atomic E-state index is 11.4. The highest BCUT2D eigenvalue weighted by Gasteiger charge is 2.14. The van der Waals surface area contributed by atoms with Crippen LogP contribution in [0.5, 0.6) is 0 Å². The Bertz CT molecular complexity index is 931. The molecule has 0 bridgehead atoms. The van der Waals surface area contributed by atoms with Gasteiger partial charge in [0, 0.05) is 52.7 Å². The van der Waals surface area contributed by atoms with Gasteiger partial charge >= 0.3 is 0 Å². The smallest absolute Gasteiger partial charge is 0.258 e. The molecule has 0 aliphatic carbocycles. The predicted octanol–water partition coefficient (Wildman–Crippen LogP) is 4.27. The summed E-state index contributed by atoms with van der Waals surface area (Å²) in [5, 5.41) is 4.14. The van der Waals surface area contributed by atoms with E-state index in [1.165, 1.54) is 24.9 Å². The normalized spacial score (nSPS) is 15.7. The van der Waals surface area contributed by atoms with Crippen molar-refractivity contribution in [2.45, 2.75) is 25.0 Å². The molecule has 0 radical (unpaired) electrons. The van der Waals surface area contributed by atoms with Gasteiger partial charge in [-0.05, 0) is 61.2 Å². The number of benzene rings is 2. The SMILES string of the molecule is C[S@@](=O)Cc1cccc(-c2nc(-c3ccc(N4CCCCC4)cc3)no2)c1. The van der Waals surface area contributed by atoms with Gasteiger partial charge < -0.3 is 9.42 Å². The minimum Gasteiger partial charge on any atom is -0.372 e. The summed E-state index contributed by atoms with van der Waals surface area (Å²) in [6, 6.07) is 16.1. The van der Waals surface area contributed by atoms with Crippen molar-refractivity contribution < 1.29 is 8.73 Å². The van der Waals surface area contributed by atoms with Crippen molar-refractivity contribution in [3.05, 3.63) is 54.1 Å². The van der Waals surface area contributed by atoms with E-state index in [0.29, 0.717) is 17.5 Å². The molecule has 1 atom stereocenters. The van der Waals surface area contributed by atoms with Crippen molar-refractivity contribution in [1.29, 1.82) is 0 Å². The van der Waals surface area contributed by atoms with E-state index in [2.05, 4.69) is 39.3 Å². The van der Waals surface area contributed by atoms with Gasteiger partial charge in [0.2, 0.25) is 5.82 Å². The highest BCUT2D eigenvalue weighted by atomic mass is 32.2. The van der Waals surface area contributed by atoms with Crippen LogP contribution in [0.25, 0.3) is 22.8 Å². The topological polar surface area (TPSA) is 59.2 Å². The molecule has 6 heteroatoms. The summed E-state index contributed by atoms with van der Waals surface area (Å²) in [7, 11) is -0.881. The zero-order chi connectivity index (χ0) is 18.6. The van der Waals surface area contributed by atoms with Crippen LogP contribution in [0.2, 0.25) is 0 Å². The number of anilines is 1. The standard InChI is InChI=1S/C21H23N3O2S/c1-27(25)15-16-6-5-7-18(14-16)21-22-20(23-26-21)17-8-10-19(11-9-17)24-12-3-2-4-13-24/h5-11,14H,2-4,12-13,15H2,1H3/t27-/m1/s1. The van der Waals surface area contributed by atoms with Crippen molar-refractivity contribution in [3.8, 4) is 22.8 Å². The summed E-state index contributed by atoms with van der Waals surface area (Å²) in [5.41, 5.74) is 4.04. The van der Waals surface area contributed by atoms with Crippen LogP contribution in [-0.2, 0) is 16.6 Å². The van der Waals surface area contributed by atoms with Crippen molar-refractivity contribution in [2.24, 2.45) is 0 Å². The van der Waals surface area contributed by atoms with Gasteiger partial charge in [0.25, 0.3) is 5.89 Å². The van der Waals surface area contributed by atoms with Gasteiger partial charge in [0.1, 0.15) is 0 Å². The zero-order valence-corrected chi connectivity index (χ0v) is 16.2. The molecule has 0 spiro atoms. The predicted molar refractivity (Wildman–Crippen MR) is 109 cm³/mol. The lowest BCUT2D eigenvalue weighted by molar-refractivity contribution is 0.432. The molecule has 1 aliphatic heterocycles. The molecule has 27 heavy (non-hydrogen) atoms. The van der Waals surface area contributed by atoms with Gasteiger partial charge in [-0.25, -0.2) is 0 Å². The Balaban J connectivity index is 1.53. The Morgan fingerprint density at radius 3 is 2.56 bits per heavy atom. The maximum Gasteiger partial charge on any atom is 0.258 e. The van der Waals surface area contributed by atoms with Crippen molar-refractivity contribution in [1.82, 2.24) is 10.1 Å². The summed E-state index contributed by atoms with van der Waals surface area (Å²) in [5.74, 6) is 1.58. The van der Waals surface area contributed by atoms with Crippen LogP contribution < -0.4 is 4.90 Å². The fourth-order valence-corrected chi connectivity index (χ4v) is 4.11. The van der Waals surface area contributed by atoms with Crippen LogP contribution >= 0.6 is 0 Å². The average Bonchev–Trinajstić information content (AvgIpc) is 3.19. The van der Waals surface area contributed by atoms with Crippen LogP contribution in [0, 0.1) is 0 Å². The van der Waals surface area contributed by atoms with E-state index in [1.54, 1.807) is 6.26 Å². The fourth-order valence-electron chi connectivity index (χ4n) is 3.46. The van der Waals surface area contributed by atoms with Crippen LogP contribution in [-0.4, -0.2) is 33.7 Å². The second kappa shape index (κ2) is 8.05. The third kappa shape index (κ3) is 4.27. The number of nitrogens with zero attached hydrogens (tertiary/aromatic N) is 3. The Morgan fingerprint density at radius 2 is 1.81 bits per heavy atom. The van der Waals surface area contributed by atoms with E-state index >= 15 is 0 Å². The van der Waals surface area contributed by atoms with Crippen molar-refractivity contribution >= 4 is 16.5 Å². The van der Waals surface area contributed by atoms with Gasteiger partial charge in [-0.3, -0.25) is 4.21 Å². The summed E-state index contributed by atoms with van der Waals surface area (Å²) < 4.78 is 16.9. The molecule has 0 unspecified atom stereocenters. The molecule has 1 fully saturated rings. The molecule has 2 aromatic carbocycles. The van der Waals surface area contributed by atoms with Gasteiger partial charge in [-0.1, -0.05) is 17.3 Å². The van der Waals surface area contributed by atoms with Crippen molar-refractivity contribution in [2.75, 3.05) is 24.2 Å². The molecule has 5 nitrogen and oxygen atoms in total. The largest absolute Gasteiger partial charge is 0.372 e. The van der Waals surface area contributed by atoms with E-state index in [0.717, 1.165) is 29.8 Å². The Morgan fingerprint density at radius 1 is 1.04 bits per heavy atom. The van der Waals surface area contributed by atoms with E-state index in [4.69, 9.17) is 4.52 Å². The number of rotatable bonds is 5. The number of aromatic nitrogens is 2. The number of piperidine rings is 1. The molecule has 1 aliphatic rings. The first-order chi connectivity index (χ1) is 13.2. The molecule has 2 heterocycles. The molecular formula is C21H23N3O2S. The first-order valence-corrected chi connectivity index (χ1v) is 11.0. The monoisotopic (exact) mass is 381 g/mol. The summed E-state index contributed by atoms with van der Waals surface area (Å²) in [6.07, 6.45) is 5.56. The highest BCUT2D eigenvalue weighted by Crippen LogP contribution is 2.26. The first-order valence-electron chi connectivity index (χ1n) is 9.27. The lowest BCUT2D eigenvalue weighted by Crippen LogP contribution is -2.29. The molecular weight excluding hydrogens is 358 g/mol. The van der Waals surface area contributed by atoms with Crippen molar-refractivity contribution in [3.63, 3.8) is 0 Å². The first kappa shape index (κ1) is 17.9. The average molecular weight is 382 g/mol. The minimum atomic E-state index is -0.881. The van der Waals surface area contributed by atoms with E-state index < -0.39 is 10.8 Å². The van der Waals surface area contributed by atoms with Gasteiger partial charge in [-0.2, -0.15) is 4.98 Å². The maximum absolute atomic E-state index is 11.4. The second-order valence-electron chi connectivity index (χ2n) is 6.94. The van der Waals surface area contributed by atoms with Crippen LogP contribution in [0.15, 0.2) is 53.1 Å². The third-order valence-electron chi connectivity index (χ3n) is 4.82. The van der Waals surface area contributed by atoms with Gasteiger partial charge in [0.05, 0.1) is 0 Å². The zero-order valence-electron chi connectivity index (χ0n) is 15.4. The molecule has 1 aromatic heterocycles. The number of hydrogen-bond acceptors (Lipinski definition) is 5.